The van der Waals surface area contributed by atoms with Gasteiger partial charge in [0, 0.05) is 28.9 Å². The average molecular weight is 294 g/mol. The van der Waals surface area contributed by atoms with Gasteiger partial charge in [-0.15, -0.1) is 11.3 Å². The molecule has 1 aromatic rings. The molecule has 1 fully saturated rings. The molecule has 1 saturated heterocycles. The third-order valence-electron chi connectivity index (χ3n) is 3.60. The first-order valence-corrected chi connectivity index (χ1v) is 7.23. The van der Waals surface area contributed by atoms with Gasteiger partial charge in [0.15, 0.2) is 0 Å². The summed E-state index contributed by atoms with van der Waals surface area (Å²) in [6.45, 7) is 4.22. The fourth-order valence-corrected chi connectivity index (χ4v) is 3.29. The second kappa shape index (κ2) is 5.76. The predicted octanol–water partition coefficient (Wildman–Crippen LogP) is 1.54. The molecule has 1 aliphatic rings. The molecular formula is C14H18N2O3S. The summed E-state index contributed by atoms with van der Waals surface area (Å²) in [5, 5.41) is 8.59. The molecule has 0 spiro atoms. The highest BCUT2D eigenvalue weighted by molar-refractivity contribution is 7.12. The summed E-state index contributed by atoms with van der Waals surface area (Å²) in [6.07, 6.45) is 3.52. The molecule has 108 valence electrons. The number of rotatable bonds is 5. The Kier molecular flexibility index (Phi) is 4.25. The average Bonchev–Trinajstić information content (AvgIpc) is 2.95. The molecule has 0 aliphatic carbocycles. The van der Waals surface area contributed by atoms with Gasteiger partial charge in [0.2, 0.25) is 5.91 Å². The molecule has 0 aromatic carbocycles. The van der Waals surface area contributed by atoms with Gasteiger partial charge in [-0.2, -0.15) is 0 Å². The molecule has 1 atom stereocenters. The number of carboxylic acids is 1. The minimum Gasteiger partial charge on any atom is -0.478 e. The number of nitrogens with two attached hydrogens (primary N) is 1. The van der Waals surface area contributed by atoms with Crippen molar-refractivity contribution < 1.29 is 14.7 Å². The van der Waals surface area contributed by atoms with Gasteiger partial charge in [-0.05, 0) is 38.1 Å². The van der Waals surface area contributed by atoms with Crippen molar-refractivity contribution in [2.45, 2.75) is 19.9 Å². The lowest BCUT2D eigenvalue weighted by Crippen LogP contribution is -2.36. The standard InChI is InChI=1S/C14H18N2O3S/c1-14(13(15)19)6-7-16(9-14)8-11-3-2-10(20-11)4-5-12(17)18/h2-5H,6-9H2,1H3,(H2,15,19)(H,17,18)/b5-4+. The minimum absolute atomic E-state index is 0.240. The van der Waals surface area contributed by atoms with Crippen LogP contribution in [0.15, 0.2) is 18.2 Å². The van der Waals surface area contributed by atoms with Gasteiger partial charge in [0.1, 0.15) is 0 Å². The van der Waals surface area contributed by atoms with Crippen LogP contribution in [0, 0.1) is 5.41 Å². The monoisotopic (exact) mass is 294 g/mol. The van der Waals surface area contributed by atoms with Crippen LogP contribution in [0.3, 0.4) is 0 Å². The van der Waals surface area contributed by atoms with Crippen LogP contribution in [0.25, 0.3) is 6.08 Å². The molecule has 1 unspecified atom stereocenters. The molecule has 3 N–H and O–H groups in total. The largest absolute Gasteiger partial charge is 0.478 e. The Bertz CT molecular complexity index is 552. The maximum absolute atomic E-state index is 11.4. The van der Waals surface area contributed by atoms with Crippen LogP contribution >= 0.6 is 11.3 Å². The zero-order valence-electron chi connectivity index (χ0n) is 11.3. The number of carbonyl (C=O) groups is 2. The first-order chi connectivity index (χ1) is 9.39. The summed E-state index contributed by atoms with van der Waals surface area (Å²) in [7, 11) is 0. The molecule has 1 amide bonds. The Hall–Kier alpha value is -1.66. The van der Waals surface area contributed by atoms with Gasteiger partial charge < -0.3 is 10.8 Å². The third-order valence-corrected chi connectivity index (χ3v) is 4.63. The smallest absolute Gasteiger partial charge is 0.328 e. The van der Waals surface area contributed by atoms with Gasteiger partial charge in [-0.3, -0.25) is 9.69 Å². The van der Waals surface area contributed by atoms with Crippen molar-refractivity contribution >= 4 is 29.3 Å². The number of primary amides is 1. The highest BCUT2D eigenvalue weighted by Gasteiger charge is 2.38. The fourth-order valence-electron chi connectivity index (χ4n) is 2.34. The predicted molar refractivity (Wildman–Crippen MR) is 78.2 cm³/mol. The van der Waals surface area contributed by atoms with E-state index in [1.54, 1.807) is 17.4 Å². The Balaban J connectivity index is 1.95. The molecule has 0 saturated carbocycles. The Morgan fingerprint density at radius 1 is 1.55 bits per heavy atom. The molecule has 2 heterocycles. The topological polar surface area (TPSA) is 83.6 Å². The number of likely N-dealkylation sites (tertiary alicyclic amines) is 1. The number of carbonyl (C=O) groups excluding carboxylic acids is 1. The normalized spacial score (nSPS) is 23.4. The maximum atomic E-state index is 11.4. The number of nitrogens with zero attached hydrogens (tertiary/aromatic N) is 1. The lowest BCUT2D eigenvalue weighted by Gasteiger charge is -2.20. The van der Waals surface area contributed by atoms with E-state index in [4.69, 9.17) is 10.8 Å². The van der Waals surface area contributed by atoms with E-state index in [1.165, 1.54) is 0 Å². The van der Waals surface area contributed by atoms with E-state index in [2.05, 4.69) is 4.90 Å². The number of hydrogen-bond acceptors (Lipinski definition) is 4. The van der Waals surface area contributed by atoms with E-state index in [0.29, 0.717) is 6.54 Å². The van der Waals surface area contributed by atoms with Crippen LogP contribution in [0.5, 0.6) is 0 Å². The van der Waals surface area contributed by atoms with E-state index < -0.39 is 11.4 Å². The van der Waals surface area contributed by atoms with Gasteiger partial charge in [0.25, 0.3) is 0 Å². The molecular weight excluding hydrogens is 276 g/mol. The summed E-state index contributed by atoms with van der Waals surface area (Å²) >= 11 is 1.56. The van der Waals surface area contributed by atoms with Gasteiger partial charge >= 0.3 is 5.97 Å². The SMILES string of the molecule is CC1(C(N)=O)CCN(Cc2ccc(/C=C/C(=O)O)s2)C1. The van der Waals surface area contributed by atoms with Crippen molar-refractivity contribution in [3.8, 4) is 0 Å². The van der Waals surface area contributed by atoms with Gasteiger partial charge in [0.05, 0.1) is 5.41 Å². The molecule has 20 heavy (non-hydrogen) atoms. The van der Waals surface area contributed by atoms with E-state index in [1.807, 2.05) is 19.1 Å². The molecule has 0 bridgehead atoms. The van der Waals surface area contributed by atoms with Crippen molar-refractivity contribution in [3.05, 3.63) is 28.0 Å². The summed E-state index contributed by atoms with van der Waals surface area (Å²) in [5.74, 6) is -1.19. The second-order valence-corrected chi connectivity index (χ2v) is 6.56. The van der Waals surface area contributed by atoms with Crippen LogP contribution < -0.4 is 5.73 Å². The molecule has 1 aliphatic heterocycles. The zero-order chi connectivity index (χ0) is 14.8. The Morgan fingerprint density at radius 2 is 2.30 bits per heavy atom. The molecule has 5 nitrogen and oxygen atoms in total. The lowest BCUT2D eigenvalue weighted by molar-refractivity contribution is -0.131. The molecule has 2 rings (SSSR count). The van der Waals surface area contributed by atoms with Gasteiger partial charge in [-0.25, -0.2) is 4.79 Å². The van der Waals surface area contributed by atoms with Crippen molar-refractivity contribution in [1.82, 2.24) is 4.90 Å². The maximum Gasteiger partial charge on any atom is 0.328 e. The van der Waals surface area contributed by atoms with Crippen molar-refractivity contribution in [2.75, 3.05) is 13.1 Å². The Labute approximate surface area is 121 Å². The lowest BCUT2D eigenvalue weighted by atomic mass is 9.89. The van der Waals surface area contributed by atoms with Gasteiger partial charge in [-0.1, -0.05) is 0 Å². The van der Waals surface area contributed by atoms with Crippen molar-refractivity contribution in [1.29, 1.82) is 0 Å². The molecule has 0 radical (unpaired) electrons. The fraction of sp³-hybridized carbons (Fsp3) is 0.429. The summed E-state index contributed by atoms with van der Waals surface area (Å²) in [6, 6.07) is 3.90. The highest BCUT2D eigenvalue weighted by atomic mass is 32.1. The van der Waals surface area contributed by atoms with Crippen LogP contribution in [0.1, 0.15) is 23.1 Å². The number of aliphatic carboxylic acids is 1. The number of thiophene rings is 1. The highest BCUT2D eigenvalue weighted by Crippen LogP contribution is 2.31. The summed E-state index contributed by atoms with van der Waals surface area (Å²) in [5.41, 5.74) is 5.00. The Morgan fingerprint density at radius 3 is 2.90 bits per heavy atom. The molecule has 1 aromatic heterocycles. The van der Waals surface area contributed by atoms with Crippen LogP contribution in [0.2, 0.25) is 0 Å². The number of amides is 1. The minimum atomic E-state index is -0.947. The van der Waals surface area contributed by atoms with E-state index in [-0.39, 0.29) is 5.91 Å². The van der Waals surface area contributed by atoms with E-state index in [0.717, 1.165) is 35.3 Å². The molecule has 6 heteroatoms. The quantitative estimate of drug-likeness (QED) is 0.807. The second-order valence-electron chi connectivity index (χ2n) is 5.36. The van der Waals surface area contributed by atoms with Crippen LogP contribution in [0.4, 0.5) is 0 Å². The zero-order valence-corrected chi connectivity index (χ0v) is 12.2. The van der Waals surface area contributed by atoms with Crippen molar-refractivity contribution in [2.24, 2.45) is 11.1 Å². The summed E-state index contributed by atoms with van der Waals surface area (Å²) in [4.78, 5) is 26.1. The van der Waals surface area contributed by atoms with E-state index in [9.17, 15) is 9.59 Å². The van der Waals surface area contributed by atoms with Crippen LogP contribution in [-0.4, -0.2) is 35.0 Å². The van der Waals surface area contributed by atoms with E-state index >= 15 is 0 Å². The van der Waals surface area contributed by atoms with Crippen molar-refractivity contribution in [3.63, 3.8) is 0 Å². The first kappa shape index (κ1) is 14.7. The first-order valence-electron chi connectivity index (χ1n) is 6.41. The number of carboxylic acid groups (broad SMARTS) is 1. The number of hydrogen-bond donors (Lipinski definition) is 2. The van der Waals surface area contributed by atoms with Crippen LogP contribution in [-0.2, 0) is 16.1 Å². The summed E-state index contributed by atoms with van der Waals surface area (Å²) < 4.78 is 0. The third kappa shape index (κ3) is 3.46.